The number of aromatic hydroxyl groups is 1. The first-order valence-corrected chi connectivity index (χ1v) is 4.03. The number of phenols is 1. The molecular formula is C10H7ClO2. The SMILES string of the molecule is O=CCC#Cc1cc(Cl)ccc1O. The Hall–Kier alpha value is -1.46. The molecule has 0 aliphatic rings. The van der Waals surface area contributed by atoms with Crippen molar-refractivity contribution in [1.82, 2.24) is 0 Å². The molecular weight excluding hydrogens is 188 g/mol. The van der Waals surface area contributed by atoms with Gasteiger partial charge in [0, 0.05) is 5.02 Å². The molecule has 0 bridgehead atoms. The largest absolute Gasteiger partial charge is 0.507 e. The van der Waals surface area contributed by atoms with Crippen LogP contribution in [0.1, 0.15) is 12.0 Å². The normalized spacial score (nSPS) is 8.69. The van der Waals surface area contributed by atoms with E-state index in [1.165, 1.54) is 6.07 Å². The van der Waals surface area contributed by atoms with E-state index in [4.69, 9.17) is 11.6 Å². The predicted octanol–water partition coefficient (Wildman–Crippen LogP) is 1.99. The first-order valence-electron chi connectivity index (χ1n) is 3.65. The van der Waals surface area contributed by atoms with Gasteiger partial charge in [-0.25, -0.2) is 0 Å². The van der Waals surface area contributed by atoms with Crippen LogP contribution in [-0.4, -0.2) is 11.4 Å². The second-order valence-electron chi connectivity index (χ2n) is 2.33. The minimum absolute atomic E-state index is 0.0720. The first-order chi connectivity index (χ1) is 6.24. The lowest BCUT2D eigenvalue weighted by molar-refractivity contribution is -0.107. The molecule has 0 aliphatic carbocycles. The summed E-state index contributed by atoms with van der Waals surface area (Å²) in [6.45, 7) is 0. The van der Waals surface area contributed by atoms with Crippen LogP contribution in [0.25, 0.3) is 0 Å². The van der Waals surface area contributed by atoms with Crippen molar-refractivity contribution >= 4 is 17.9 Å². The summed E-state index contributed by atoms with van der Waals surface area (Å²) >= 11 is 5.68. The molecule has 2 nitrogen and oxygen atoms in total. The van der Waals surface area contributed by atoms with Crippen molar-refractivity contribution in [3.05, 3.63) is 28.8 Å². The number of rotatable bonds is 1. The van der Waals surface area contributed by atoms with Crippen molar-refractivity contribution in [2.75, 3.05) is 0 Å². The third-order valence-corrected chi connectivity index (χ3v) is 1.60. The molecule has 0 fully saturated rings. The molecule has 0 radical (unpaired) electrons. The van der Waals surface area contributed by atoms with Gasteiger partial charge in [0.25, 0.3) is 0 Å². The highest BCUT2D eigenvalue weighted by molar-refractivity contribution is 6.30. The Morgan fingerprint density at radius 3 is 3.00 bits per heavy atom. The van der Waals surface area contributed by atoms with Crippen LogP contribution >= 0.6 is 11.6 Å². The van der Waals surface area contributed by atoms with Crippen LogP contribution < -0.4 is 0 Å². The molecule has 0 atom stereocenters. The van der Waals surface area contributed by atoms with E-state index >= 15 is 0 Å². The number of carbonyl (C=O) groups is 1. The second kappa shape index (κ2) is 4.54. The monoisotopic (exact) mass is 194 g/mol. The van der Waals surface area contributed by atoms with E-state index in [-0.39, 0.29) is 12.2 Å². The molecule has 1 N–H and O–H groups in total. The van der Waals surface area contributed by atoms with Crippen molar-refractivity contribution in [3.8, 4) is 17.6 Å². The summed E-state index contributed by atoms with van der Waals surface area (Å²) in [5.41, 5.74) is 0.439. The smallest absolute Gasteiger partial charge is 0.131 e. The predicted molar refractivity (Wildman–Crippen MR) is 50.7 cm³/mol. The second-order valence-corrected chi connectivity index (χ2v) is 2.77. The molecule has 0 aromatic heterocycles. The molecule has 13 heavy (non-hydrogen) atoms. The van der Waals surface area contributed by atoms with E-state index in [0.29, 0.717) is 16.9 Å². The fourth-order valence-electron chi connectivity index (χ4n) is 0.796. The van der Waals surface area contributed by atoms with Gasteiger partial charge in [0.15, 0.2) is 0 Å². The molecule has 0 unspecified atom stereocenters. The Kier molecular flexibility index (Phi) is 3.36. The van der Waals surface area contributed by atoms with Gasteiger partial charge in [0.1, 0.15) is 12.0 Å². The number of halogens is 1. The topological polar surface area (TPSA) is 37.3 Å². The number of hydrogen-bond donors (Lipinski definition) is 1. The maximum Gasteiger partial charge on any atom is 0.131 e. The van der Waals surface area contributed by atoms with Crippen LogP contribution in [0.15, 0.2) is 18.2 Å². The third-order valence-electron chi connectivity index (χ3n) is 1.37. The van der Waals surface area contributed by atoms with E-state index in [2.05, 4.69) is 11.8 Å². The molecule has 0 saturated carbocycles. The van der Waals surface area contributed by atoms with Crippen LogP contribution in [0.2, 0.25) is 5.02 Å². The molecule has 0 spiro atoms. The highest BCUT2D eigenvalue weighted by atomic mass is 35.5. The van der Waals surface area contributed by atoms with Gasteiger partial charge in [-0.3, -0.25) is 0 Å². The molecule has 1 rings (SSSR count). The first kappa shape index (κ1) is 9.63. The molecule has 1 aromatic carbocycles. The molecule has 1 aromatic rings. The van der Waals surface area contributed by atoms with E-state index < -0.39 is 0 Å². The lowest BCUT2D eigenvalue weighted by atomic mass is 10.2. The Labute approximate surface area is 81.1 Å². The van der Waals surface area contributed by atoms with Gasteiger partial charge < -0.3 is 9.90 Å². The average Bonchev–Trinajstić information content (AvgIpc) is 2.11. The Balaban J connectivity index is 2.95. The van der Waals surface area contributed by atoms with Crippen molar-refractivity contribution in [2.24, 2.45) is 0 Å². The van der Waals surface area contributed by atoms with Crippen LogP contribution in [0, 0.1) is 11.8 Å². The van der Waals surface area contributed by atoms with E-state index in [1.54, 1.807) is 12.1 Å². The highest BCUT2D eigenvalue weighted by Gasteiger charge is 1.97. The minimum atomic E-state index is 0.0720. The standard InChI is InChI=1S/C10H7ClO2/c11-9-4-5-10(13)8(7-9)3-1-2-6-12/h4-7,13H,2H2. The summed E-state index contributed by atoms with van der Waals surface area (Å²) in [4.78, 5) is 9.96. The number of hydrogen-bond acceptors (Lipinski definition) is 2. The summed E-state index contributed by atoms with van der Waals surface area (Å²) in [5, 5.41) is 9.79. The van der Waals surface area contributed by atoms with Gasteiger partial charge in [0.2, 0.25) is 0 Å². The quantitative estimate of drug-likeness (QED) is 0.548. The van der Waals surface area contributed by atoms with E-state index in [0.717, 1.165) is 0 Å². The summed E-state index contributed by atoms with van der Waals surface area (Å²) in [7, 11) is 0. The summed E-state index contributed by atoms with van der Waals surface area (Å²) in [6.07, 6.45) is 0.862. The van der Waals surface area contributed by atoms with Crippen molar-refractivity contribution in [1.29, 1.82) is 0 Å². The fraction of sp³-hybridized carbons (Fsp3) is 0.100. The lowest BCUT2D eigenvalue weighted by Gasteiger charge is -1.95. The molecule has 0 saturated heterocycles. The zero-order valence-corrected chi connectivity index (χ0v) is 7.51. The number of benzene rings is 1. The molecule has 0 aliphatic heterocycles. The maximum atomic E-state index is 9.96. The zero-order valence-electron chi connectivity index (χ0n) is 6.75. The molecule has 66 valence electrons. The average molecular weight is 195 g/mol. The summed E-state index contributed by atoms with van der Waals surface area (Å²) in [6, 6.07) is 4.59. The van der Waals surface area contributed by atoms with Gasteiger partial charge in [-0.15, -0.1) is 0 Å². The van der Waals surface area contributed by atoms with Gasteiger partial charge in [-0.1, -0.05) is 23.4 Å². The summed E-state index contributed by atoms with van der Waals surface area (Å²) in [5.74, 6) is 5.29. The maximum absolute atomic E-state index is 9.96. The number of phenolic OH excluding ortho intramolecular Hbond substituents is 1. The van der Waals surface area contributed by atoms with Crippen LogP contribution in [0.5, 0.6) is 5.75 Å². The zero-order chi connectivity index (χ0) is 9.68. The van der Waals surface area contributed by atoms with Gasteiger partial charge in [-0.2, -0.15) is 0 Å². The van der Waals surface area contributed by atoms with E-state index in [1.807, 2.05) is 0 Å². The van der Waals surface area contributed by atoms with Gasteiger partial charge in [0.05, 0.1) is 12.0 Å². The van der Waals surface area contributed by atoms with Crippen LogP contribution in [0.4, 0.5) is 0 Å². The minimum Gasteiger partial charge on any atom is -0.507 e. The van der Waals surface area contributed by atoms with Crippen LogP contribution in [0.3, 0.4) is 0 Å². The number of carbonyl (C=O) groups excluding carboxylic acids is 1. The lowest BCUT2D eigenvalue weighted by Crippen LogP contribution is -1.76. The molecule has 3 heteroatoms. The third kappa shape index (κ3) is 2.81. The van der Waals surface area contributed by atoms with Crippen molar-refractivity contribution in [2.45, 2.75) is 6.42 Å². The molecule has 0 amide bonds. The van der Waals surface area contributed by atoms with Crippen LogP contribution in [-0.2, 0) is 4.79 Å². The van der Waals surface area contributed by atoms with Gasteiger partial charge >= 0.3 is 0 Å². The van der Waals surface area contributed by atoms with Gasteiger partial charge in [-0.05, 0) is 18.2 Å². The Morgan fingerprint density at radius 2 is 2.31 bits per heavy atom. The van der Waals surface area contributed by atoms with Crippen molar-refractivity contribution in [3.63, 3.8) is 0 Å². The highest BCUT2D eigenvalue weighted by Crippen LogP contribution is 2.20. The summed E-state index contributed by atoms with van der Waals surface area (Å²) < 4.78 is 0. The van der Waals surface area contributed by atoms with E-state index in [9.17, 15) is 9.90 Å². The Morgan fingerprint density at radius 1 is 1.54 bits per heavy atom. The Bertz CT molecular complexity index is 374. The molecule has 0 heterocycles. The number of aldehydes is 1. The fourth-order valence-corrected chi connectivity index (χ4v) is 0.968. The van der Waals surface area contributed by atoms with Crippen molar-refractivity contribution < 1.29 is 9.90 Å².